The van der Waals surface area contributed by atoms with E-state index in [0.29, 0.717) is 6.54 Å². The van der Waals surface area contributed by atoms with Crippen LogP contribution in [0.1, 0.15) is 18.4 Å². The Morgan fingerprint density at radius 1 is 1.23 bits per heavy atom. The average molecular weight is 329 g/mol. The predicted molar refractivity (Wildman–Crippen MR) is 88.6 cm³/mol. The number of methoxy groups -OCH3 is 2. The number of amides is 1. The van der Waals surface area contributed by atoms with Crippen LogP contribution in [0.5, 0.6) is 5.75 Å². The smallest absolute Gasteiger partial charge is 0.254 e. The van der Waals surface area contributed by atoms with Crippen molar-refractivity contribution in [1.82, 2.24) is 10.2 Å². The molecule has 0 spiro atoms. The van der Waals surface area contributed by atoms with Gasteiger partial charge >= 0.3 is 0 Å². The number of piperidine rings is 1. The van der Waals surface area contributed by atoms with Crippen LogP contribution < -0.4 is 10.1 Å². The third kappa shape index (κ3) is 4.12. The van der Waals surface area contributed by atoms with Crippen LogP contribution in [0, 0.1) is 0 Å². The van der Waals surface area contributed by atoms with E-state index in [2.05, 4.69) is 5.32 Å². The van der Waals surface area contributed by atoms with Gasteiger partial charge < -0.3 is 19.7 Å². The van der Waals surface area contributed by atoms with Gasteiger partial charge in [-0.05, 0) is 43.6 Å². The van der Waals surface area contributed by atoms with E-state index in [1.54, 1.807) is 19.1 Å². The maximum absolute atomic E-state index is 12.7. The second-order valence-electron chi connectivity index (χ2n) is 5.46. The predicted octanol–water partition coefficient (Wildman–Crippen LogP) is 1.84. The van der Waals surface area contributed by atoms with Gasteiger partial charge in [0.25, 0.3) is 5.91 Å². The minimum absolute atomic E-state index is 0. The zero-order valence-electron chi connectivity index (χ0n) is 13.4. The highest BCUT2D eigenvalue weighted by Gasteiger charge is 2.41. The zero-order chi connectivity index (χ0) is 15.3. The Bertz CT molecular complexity index is 473. The number of benzene rings is 1. The summed E-state index contributed by atoms with van der Waals surface area (Å²) in [6, 6.07) is 7.77. The average Bonchev–Trinajstić information content (AvgIpc) is 2.55. The molecular weight excluding hydrogens is 304 g/mol. The van der Waals surface area contributed by atoms with Crippen molar-refractivity contribution < 1.29 is 14.3 Å². The lowest BCUT2D eigenvalue weighted by molar-refractivity contribution is -0.157. The summed E-state index contributed by atoms with van der Waals surface area (Å²) < 4.78 is 10.7. The Morgan fingerprint density at radius 3 is 2.32 bits per heavy atom. The Morgan fingerprint density at radius 2 is 1.82 bits per heavy atom. The van der Waals surface area contributed by atoms with Gasteiger partial charge in [0, 0.05) is 20.7 Å². The van der Waals surface area contributed by atoms with Crippen LogP contribution in [0.3, 0.4) is 0 Å². The number of likely N-dealkylation sites (N-methyl/N-ethyl adjacent to an activating group) is 1. The molecule has 1 heterocycles. The quantitative estimate of drug-likeness (QED) is 0.896. The number of nitrogens with one attached hydrogen (secondary N) is 1. The van der Waals surface area contributed by atoms with Crippen LogP contribution in [0.25, 0.3) is 0 Å². The minimum Gasteiger partial charge on any atom is -0.497 e. The number of nitrogens with zero attached hydrogens (tertiary/aromatic N) is 1. The Hall–Kier alpha value is -1.30. The first kappa shape index (κ1) is 18.7. The largest absolute Gasteiger partial charge is 0.497 e. The zero-order valence-corrected chi connectivity index (χ0v) is 14.2. The van der Waals surface area contributed by atoms with E-state index in [4.69, 9.17) is 9.47 Å². The summed E-state index contributed by atoms with van der Waals surface area (Å²) in [5.74, 6) is 0.877. The molecule has 0 bridgehead atoms. The molecule has 1 N–H and O–H groups in total. The van der Waals surface area contributed by atoms with Crippen LogP contribution in [-0.2, 0) is 16.1 Å². The van der Waals surface area contributed by atoms with E-state index in [-0.39, 0.29) is 18.3 Å². The van der Waals surface area contributed by atoms with Gasteiger partial charge in [-0.1, -0.05) is 12.1 Å². The fraction of sp³-hybridized carbons (Fsp3) is 0.562. The third-order valence-corrected chi connectivity index (χ3v) is 4.12. The van der Waals surface area contributed by atoms with Crippen LogP contribution >= 0.6 is 12.4 Å². The molecule has 1 aliphatic heterocycles. The normalized spacial score (nSPS) is 16.5. The first-order chi connectivity index (χ1) is 10.1. The molecule has 6 heteroatoms. The van der Waals surface area contributed by atoms with Crippen molar-refractivity contribution >= 4 is 18.3 Å². The van der Waals surface area contributed by atoms with Crippen molar-refractivity contribution in [1.29, 1.82) is 0 Å². The van der Waals surface area contributed by atoms with E-state index in [1.807, 2.05) is 31.3 Å². The molecule has 0 radical (unpaired) electrons. The lowest BCUT2D eigenvalue weighted by Gasteiger charge is -2.37. The first-order valence-electron chi connectivity index (χ1n) is 7.26. The van der Waals surface area contributed by atoms with E-state index >= 15 is 0 Å². The van der Waals surface area contributed by atoms with Crippen molar-refractivity contribution in [2.75, 3.05) is 34.4 Å². The number of ether oxygens (including phenoxy) is 2. The maximum Gasteiger partial charge on any atom is 0.254 e. The van der Waals surface area contributed by atoms with Gasteiger partial charge in [0.2, 0.25) is 0 Å². The number of carbonyl (C=O) groups excluding carboxylic acids is 1. The molecule has 124 valence electrons. The summed E-state index contributed by atoms with van der Waals surface area (Å²) in [5, 5.41) is 3.27. The molecule has 1 aromatic carbocycles. The highest BCUT2D eigenvalue weighted by molar-refractivity contribution is 5.85. The summed E-state index contributed by atoms with van der Waals surface area (Å²) in [4.78, 5) is 14.5. The molecule has 0 aromatic heterocycles. The lowest BCUT2D eigenvalue weighted by Crippen LogP contribution is -2.54. The topological polar surface area (TPSA) is 50.8 Å². The molecule has 2 rings (SSSR count). The minimum atomic E-state index is -0.674. The van der Waals surface area contributed by atoms with Crippen molar-refractivity contribution in [3.05, 3.63) is 29.8 Å². The van der Waals surface area contributed by atoms with Gasteiger partial charge in [0.05, 0.1) is 7.11 Å². The maximum atomic E-state index is 12.7. The van der Waals surface area contributed by atoms with E-state index in [1.165, 1.54) is 0 Å². The molecule has 0 unspecified atom stereocenters. The standard InChI is InChI=1S/C16H24N2O3.ClH/c1-18(12-13-4-6-14(20-2)7-5-13)15(19)16(21-3)8-10-17-11-9-16;/h4-7,17H,8-12H2,1-3H3;1H. The van der Waals surface area contributed by atoms with E-state index in [0.717, 1.165) is 37.2 Å². The van der Waals surface area contributed by atoms with Gasteiger partial charge in [-0.2, -0.15) is 0 Å². The Labute approximate surface area is 138 Å². The summed E-state index contributed by atoms with van der Waals surface area (Å²) in [7, 11) is 5.10. The number of hydrogen-bond donors (Lipinski definition) is 1. The van der Waals surface area contributed by atoms with Gasteiger partial charge in [-0.15, -0.1) is 12.4 Å². The number of carbonyl (C=O) groups is 1. The molecule has 1 saturated heterocycles. The molecule has 0 saturated carbocycles. The van der Waals surface area contributed by atoms with Gasteiger partial charge in [-0.25, -0.2) is 0 Å². The number of hydrogen-bond acceptors (Lipinski definition) is 4. The Kier molecular flexibility index (Phi) is 7.13. The van der Waals surface area contributed by atoms with Crippen molar-refractivity contribution in [3.63, 3.8) is 0 Å². The van der Waals surface area contributed by atoms with Gasteiger partial charge in [0.15, 0.2) is 0 Å². The van der Waals surface area contributed by atoms with E-state index < -0.39 is 5.60 Å². The summed E-state index contributed by atoms with van der Waals surface area (Å²) in [5.41, 5.74) is 0.402. The van der Waals surface area contributed by atoms with Gasteiger partial charge in [-0.3, -0.25) is 4.79 Å². The van der Waals surface area contributed by atoms with E-state index in [9.17, 15) is 4.79 Å². The highest BCUT2D eigenvalue weighted by atomic mass is 35.5. The summed E-state index contributed by atoms with van der Waals surface area (Å²) >= 11 is 0. The molecule has 0 aliphatic carbocycles. The lowest BCUT2D eigenvalue weighted by atomic mass is 9.90. The Balaban J connectivity index is 0.00000242. The molecule has 1 aliphatic rings. The molecule has 5 nitrogen and oxygen atoms in total. The summed E-state index contributed by atoms with van der Waals surface area (Å²) in [6.45, 7) is 2.20. The SMILES string of the molecule is COc1ccc(CN(C)C(=O)C2(OC)CCNCC2)cc1.Cl. The molecule has 1 fully saturated rings. The molecule has 22 heavy (non-hydrogen) atoms. The van der Waals surface area contributed by atoms with Crippen LogP contribution in [0.2, 0.25) is 0 Å². The van der Waals surface area contributed by atoms with Crippen LogP contribution in [0.15, 0.2) is 24.3 Å². The van der Waals surface area contributed by atoms with Crippen molar-refractivity contribution in [2.45, 2.75) is 25.0 Å². The number of rotatable bonds is 5. The van der Waals surface area contributed by atoms with Gasteiger partial charge in [0.1, 0.15) is 11.4 Å². The summed E-state index contributed by atoms with van der Waals surface area (Å²) in [6.07, 6.45) is 1.44. The first-order valence-corrected chi connectivity index (χ1v) is 7.26. The van der Waals surface area contributed by atoms with Crippen molar-refractivity contribution in [2.24, 2.45) is 0 Å². The fourth-order valence-electron chi connectivity index (χ4n) is 2.76. The highest BCUT2D eigenvalue weighted by Crippen LogP contribution is 2.25. The molecule has 1 aromatic rings. The van der Waals surface area contributed by atoms with Crippen LogP contribution in [-0.4, -0.2) is 50.8 Å². The second kappa shape index (κ2) is 8.36. The third-order valence-electron chi connectivity index (χ3n) is 4.12. The fourth-order valence-corrected chi connectivity index (χ4v) is 2.76. The molecule has 0 atom stereocenters. The van der Waals surface area contributed by atoms with Crippen molar-refractivity contribution in [3.8, 4) is 5.75 Å². The number of halogens is 1. The van der Waals surface area contributed by atoms with Crippen LogP contribution in [0.4, 0.5) is 0 Å². The second-order valence-corrected chi connectivity index (χ2v) is 5.46. The molecule has 1 amide bonds. The molecular formula is C16H25ClN2O3. The monoisotopic (exact) mass is 328 g/mol.